The number of pyridine rings is 1. The van der Waals surface area contributed by atoms with Crippen molar-refractivity contribution in [1.82, 2.24) is 10.3 Å². The van der Waals surface area contributed by atoms with Gasteiger partial charge in [0.15, 0.2) is 0 Å². The van der Waals surface area contributed by atoms with Crippen molar-refractivity contribution in [2.24, 2.45) is 0 Å². The molecule has 2 rings (SSSR count). The Bertz CT molecular complexity index is 535. The van der Waals surface area contributed by atoms with Gasteiger partial charge in [-0.15, -0.1) is 0 Å². The van der Waals surface area contributed by atoms with Gasteiger partial charge in [-0.3, -0.25) is 0 Å². The van der Waals surface area contributed by atoms with E-state index in [1.165, 1.54) is 0 Å². The second-order valence-corrected chi connectivity index (χ2v) is 7.13. The number of hydrogen-bond acceptors (Lipinski definition) is 5. The first-order valence-corrected chi connectivity index (χ1v) is 8.71. The predicted molar refractivity (Wildman–Crippen MR) is 94.4 cm³/mol. The number of amides is 1. The lowest BCUT2D eigenvalue weighted by Gasteiger charge is -2.31. The van der Waals surface area contributed by atoms with Gasteiger partial charge in [0.2, 0.25) is 5.88 Å². The molecule has 24 heavy (non-hydrogen) atoms. The average molecular weight is 335 g/mol. The highest BCUT2D eigenvalue weighted by Crippen LogP contribution is 2.27. The zero-order valence-electron chi connectivity index (χ0n) is 15.1. The minimum Gasteiger partial charge on any atom is -0.476 e. The molecule has 134 valence electrons. The van der Waals surface area contributed by atoms with Crippen molar-refractivity contribution in [3.05, 3.63) is 18.3 Å². The Balaban J connectivity index is 1.80. The van der Waals surface area contributed by atoms with Crippen molar-refractivity contribution in [2.45, 2.75) is 71.1 Å². The fraction of sp³-hybridized carbons (Fsp3) is 0.667. The number of alkyl carbamates (subject to hydrolysis) is 1. The van der Waals surface area contributed by atoms with E-state index in [0.717, 1.165) is 31.4 Å². The summed E-state index contributed by atoms with van der Waals surface area (Å²) in [6, 6.07) is 4.44. The molecule has 1 saturated carbocycles. The van der Waals surface area contributed by atoms with Crippen molar-refractivity contribution in [3.8, 4) is 5.88 Å². The fourth-order valence-electron chi connectivity index (χ4n) is 2.83. The van der Waals surface area contributed by atoms with Crippen LogP contribution in [0.25, 0.3) is 0 Å². The molecular weight excluding hydrogens is 306 g/mol. The molecule has 0 atom stereocenters. The number of nitrogens with zero attached hydrogens (tertiary/aromatic N) is 1. The summed E-state index contributed by atoms with van der Waals surface area (Å²) in [5.41, 5.74) is 0.474. The fourth-order valence-corrected chi connectivity index (χ4v) is 2.83. The molecule has 0 radical (unpaired) electrons. The van der Waals surface area contributed by atoms with E-state index in [1.807, 2.05) is 39.8 Å². The van der Waals surface area contributed by atoms with Crippen LogP contribution in [0.4, 0.5) is 10.5 Å². The third-order valence-corrected chi connectivity index (χ3v) is 3.86. The van der Waals surface area contributed by atoms with Crippen molar-refractivity contribution in [1.29, 1.82) is 0 Å². The lowest BCUT2D eigenvalue weighted by molar-refractivity contribution is 0.0492. The van der Waals surface area contributed by atoms with Gasteiger partial charge in [-0.1, -0.05) is 0 Å². The van der Waals surface area contributed by atoms with Crippen LogP contribution in [0.3, 0.4) is 0 Å². The summed E-state index contributed by atoms with van der Waals surface area (Å²) < 4.78 is 10.9. The molecule has 0 unspecified atom stereocenters. The normalized spacial score (nSPS) is 21.0. The molecule has 1 aromatic heterocycles. The van der Waals surface area contributed by atoms with Gasteiger partial charge in [0, 0.05) is 18.3 Å². The van der Waals surface area contributed by atoms with E-state index in [1.54, 1.807) is 6.20 Å². The van der Waals surface area contributed by atoms with Crippen LogP contribution in [0.1, 0.15) is 53.4 Å². The highest BCUT2D eigenvalue weighted by Gasteiger charge is 2.25. The predicted octanol–water partition coefficient (Wildman–Crippen LogP) is 3.73. The summed E-state index contributed by atoms with van der Waals surface area (Å²) in [6.07, 6.45) is 5.24. The highest BCUT2D eigenvalue weighted by atomic mass is 16.6. The Morgan fingerprint density at radius 2 is 1.92 bits per heavy atom. The first kappa shape index (κ1) is 18.4. The van der Waals surface area contributed by atoms with E-state index in [-0.39, 0.29) is 12.1 Å². The molecule has 0 aliphatic heterocycles. The second-order valence-electron chi connectivity index (χ2n) is 7.13. The van der Waals surface area contributed by atoms with Gasteiger partial charge < -0.3 is 20.1 Å². The summed E-state index contributed by atoms with van der Waals surface area (Å²) in [7, 11) is 0. The van der Waals surface area contributed by atoms with Crippen molar-refractivity contribution >= 4 is 11.8 Å². The molecule has 1 amide bonds. The Labute approximate surface area is 144 Å². The van der Waals surface area contributed by atoms with E-state index in [9.17, 15) is 4.79 Å². The van der Waals surface area contributed by atoms with Crippen LogP contribution in [0.2, 0.25) is 0 Å². The SMILES string of the molecule is CCOc1ncccc1NC1CCC(NC(=O)OC(C)(C)C)CC1. The van der Waals surface area contributed by atoms with Crippen molar-refractivity contribution in [2.75, 3.05) is 11.9 Å². The zero-order chi connectivity index (χ0) is 17.6. The summed E-state index contributed by atoms with van der Waals surface area (Å²) in [5.74, 6) is 0.647. The molecule has 1 fully saturated rings. The smallest absolute Gasteiger partial charge is 0.407 e. The standard InChI is InChI=1S/C18H29N3O3/c1-5-23-16-15(7-6-12-19-16)20-13-8-10-14(11-9-13)21-17(22)24-18(2,3)4/h6-7,12-14,20H,5,8-11H2,1-4H3,(H,21,22). The number of rotatable bonds is 5. The molecule has 0 aromatic carbocycles. The monoisotopic (exact) mass is 335 g/mol. The molecule has 1 aliphatic carbocycles. The molecule has 0 bridgehead atoms. The molecule has 6 nitrogen and oxygen atoms in total. The van der Waals surface area contributed by atoms with E-state index >= 15 is 0 Å². The van der Waals surface area contributed by atoms with Crippen LogP contribution in [0.5, 0.6) is 5.88 Å². The van der Waals surface area contributed by atoms with E-state index in [0.29, 0.717) is 18.5 Å². The number of ether oxygens (including phenoxy) is 2. The second kappa shape index (κ2) is 8.22. The third-order valence-electron chi connectivity index (χ3n) is 3.86. The Kier molecular flexibility index (Phi) is 6.29. The van der Waals surface area contributed by atoms with Gasteiger partial charge in [-0.05, 0) is 65.5 Å². The summed E-state index contributed by atoms with van der Waals surface area (Å²) >= 11 is 0. The van der Waals surface area contributed by atoms with Gasteiger partial charge in [-0.25, -0.2) is 9.78 Å². The van der Waals surface area contributed by atoms with Gasteiger partial charge in [0.25, 0.3) is 0 Å². The molecule has 1 heterocycles. The minimum absolute atomic E-state index is 0.179. The highest BCUT2D eigenvalue weighted by molar-refractivity contribution is 5.68. The topological polar surface area (TPSA) is 72.5 Å². The van der Waals surface area contributed by atoms with Gasteiger partial charge in [0.1, 0.15) is 5.60 Å². The van der Waals surface area contributed by atoms with E-state index in [2.05, 4.69) is 15.6 Å². The van der Waals surface area contributed by atoms with Gasteiger partial charge in [0.05, 0.1) is 12.3 Å². The summed E-state index contributed by atoms with van der Waals surface area (Å²) in [5, 5.41) is 6.48. The number of hydrogen-bond donors (Lipinski definition) is 2. The van der Waals surface area contributed by atoms with Crippen molar-refractivity contribution in [3.63, 3.8) is 0 Å². The average Bonchev–Trinajstić information content (AvgIpc) is 2.49. The molecule has 0 saturated heterocycles. The number of aromatic nitrogens is 1. The maximum absolute atomic E-state index is 11.8. The quantitative estimate of drug-likeness (QED) is 0.858. The molecule has 1 aliphatic rings. The molecule has 6 heteroatoms. The van der Waals surface area contributed by atoms with Gasteiger partial charge in [-0.2, -0.15) is 0 Å². The molecular formula is C18H29N3O3. The number of nitrogens with one attached hydrogen (secondary N) is 2. The largest absolute Gasteiger partial charge is 0.476 e. The molecule has 1 aromatic rings. The van der Waals surface area contributed by atoms with Crippen LogP contribution in [0.15, 0.2) is 18.3 Å². The van der Waals surface area contributed by atoms with Crippen molar-refractivity contribution < 1.29 is 14.3 Å². The lowest BCUT2D eigenvalue weighted by atomic mass is 9.91. The molecule has 0 spiro atoms. The molecule has 2 N–H and O–H groups in total. The van der Waals surface area contributed by atoms with Crippen LogP contribution in [-0.2, 0) is 4.74 Å². The Morgan fingerprint density at radius 3 is 2.54 bits per heavy atom. The van der Waals surface area contributed by atoms with Crippen LogP contribution in [-0.4, -0.2) is 35.4 Å². The third kappa shape index (κ3) is 5.91. The van der Waals surface area contributed by atoms with Crippen LogP contribution in [0, 0.1) is 0 Å². The van der Waals surface area contributed by atoms with E-state index in [4.69, 9.17) is 9.47 Å². The van der Waals surface area contributed by atoms with Gasteiger partial charge >= 0.3 is 6.09 Å². The Morgan fingerprint density at radius 1 is 1.25 bits per heavy atom. The zero-order valence-corrected chi connectivity index (χ0v) is 15.1. The maximum atomic E-state index is 11.8. The maximum Gasteiger partial charge on any atom is 0.407 e. The number of carbonyl (C=O) groups excluding carboxylic acids is 1. The lowest BCUT2D eigenvalue weighted by Crippen LogP contribution is -2.42. The number of anilines is 1. The van der Waals surface area contributed by atoms with Crippen LogP contribution >= 0.6 is 0 Å². The first-order valence-electron chi connectivity index (χ1n) is 8.71. The number of carbonyl (C=O) groups is 1. The summed E-state index contributed by atoms with van der Waals surface area (Å²) in [4.78, 5) is 16.1. The minimum atomic E-state index is -0.459. The first-order chi connectivity index (χ1) is 11.4. The van der Waals surface area contributed by atoms with Crippen LogP contribution < -0.4 is 15.4 Å². The summed E-state index contributed by atoms with van der Waals surface area (Å²) in [6.45, 7) is 8.16. The van der Waals surface area contributed by atoms with E-state index < -0.39 is 5.60 Å². The Hall–Kier alpha value is -1.98.